The molecule has 2 aromatic rings. The summed E-state index contributed by atoms with van der Waals surface area (Å²) < 4.78 is 32.7. The molecule has 0 amide bonds. The van der Waals surface area contributed by atoms with Crippen molar-refractivity contribution in [3.05, 3.63) is 41.2 Å². The summed E-state index contributed by atoms with van der Waals surface area (Å²) >= 11 is 0. The molecule has 28 heavy (non-hydrogen) atoms. The molecule has 10 heteroatoms. The van der Waals surface area contributed by atoms with Crippen molar-refractivity contribution in [2.75, 3.05) is 19.6 Å². The lowest BCUT2D eigenvalue weighted by atomic mass is 10.2. The van der Waals surface area contributed by atoms with Crippen molar-refractivity contribution in [3.8, 4) is 5.82 Å². The Morgan fingerprint density at radius 1 is 1.04 bits per heavy atom. The maximum Gasteiger partial charge on any atom is 0.282 e. The molecule has 2 fully saturated rings. The molecule has 2 aliphatic rings. The standard InChI is InChI=1S/C18H26N6O3S/c25-18-8-7-17(21-13-9-19-15-21)20-23(18)14-16-6-5-12-24(16)28(26,27)22-10-3-1-2-4-11-22/h7-9,13,15-16H,1-6,10-12,14H2. The van der Waals surface area contributed by atoms with E-state index in [1.165, 1.54) is 10.7 Å². The predicted octanol–water partition coefficient (Wildman–Crippen LogP) is 1.01. The van der Waals surface area contributed by atoms with Crippen LogP contribution in [0.2, 0.25) is 0 Å². The van der Waals surface area contributed by atoms with Gasteiger partial charge < -0.3 is 0 Å². The van der Waals surface area contributed by atoms with Crippen LogP contribution in [-0.2, 0) is 16.8 Å². The molecule has 0 bridgehead atoms. The highest BCUT2D eigenvalue weighted by Gasteiger charge is 2.38. The Morgan fingerprint density at radius 3 is 2.54 bits per heavy atom. The van der Waals surface area contributed by atoms with E-state index in [2.05, 4.69) is 10.1 Å². The van der Waals surface area contributed by atoms with Gasteiger partial charge in [0.1, 0.15) is 6.33 Å². The summed E-state index contributed by atoms with van der Waals surface area (Å²) in [5, 5.41) is 4.41. The first-order valence-electron chi connectivity index (χ1n) is 9.89. The van der Waals surface area contributed by atoms with E-state index in [0.717, 1.165) is 38.5 Å². The van der Waals surface area contributed by atoms with E-state index in [9.17, 15) is 13.2 Å². The highest BCUT2D eigenvalue weighted by molar-refractivity contribution is 7.86. The largest absolute Gasteiger partial charge is 0.289 e. The van der Waals surface area contributed by atoms with Gasteiger partial charge in [-0.05, 0) is 31.7 Å². The smallest absolute Gasteiger partial charge is 0.282 e. The molecule has 0 N–H and O–H groups in total. The van der Waals surface area contributed by atoms with Gasteiger partial charge in [-0.15, -0.1) is 0 Å². The van der Waals surface area contributed by atoms with Crippen molar-refractivity contribution in [2.45, 2.75) is 51.1 Å². The van der Waals surface area contributed by atoms with Crippen LogP contribution in [-0.4, -0.2) is 62.0 Å². The van der Waals surface area contributed by atoms with Gasteiger partial charge in [-0.3, -0.25) is 9.36 Å². The molecule has 2 saturated heterocycles. The minimum atomic E-state index is -3.51. The summed E-state index contributed by atoms with van der Waals surface area (Å²) in [4.78, 5) is 16.3. The molecule has 0 spiro atoms. The molecule has 2 aromatic heterocycles. The Labute approximate surface area is 164 Å². The maximum absolute atomic E-state index is 13.2. The van der Waals surface area contributed by atoms with Crippen molar-refractivity contribution in [2.24, 2.45) is 0 Å². The van der Waals surface area contributed by atoms with Crippen LogP contribution in [0.5, 0.6) is 0 Å². The Hall–Kier alpha value is -2.04. The van der Waals surface area contributed by atoms with Crippen molar-refractivity contribution in [1.29, 1.82) is 0 Å². The molecule has 9 nitrogen and oxygen atoms in total. The highest BCUT2D eigenvalue weighted by Crippen LogP contribution is 2.26. The summed E-state index contributed by atoms with van der Waals surface area (Å²) in [6.07, 6.45) is 10.5. The van der Waals surface area contributed by atoms with Crippen LogP contribution in [0, 0.1) is 0 Å². The van der Waals surface area contributed by atoms with Gasteiger partial charge in [0.2, 0.25) is 0 Å². The Balaban J connectivity index is 1.56. The lowest BCUT2D eigenvalue weighted by molar-refractivity contribution is 0.299. The molecule has 152 valence electrons. The SMILES string of the molecule is O=c1ccc(-n2ccnc2)nn1CC1CCCN1S(=O)(=O)N1CCCCCC1. The van der Waals surface area contributed by atoms with E-state index in [0.29, 0.717) is 25.5 Å². The number of aromatic nitrogens is 4. The first-order valence-corrected chi connectivity index (χ1v) is 11.3. The van der Waals surface area contributed by atoms with E-state index in [-0.39, 0.29) is 18.1 Å². The van der Waals surface area contributed by atoms with Gasteiger partial charge in [0.05, 0.1) is 6.54 Å². The van der Waals surface area contributed by atoms with Crippen LogP contribution in [0.15, 0.2) is 35.6 Å². The number of rotatable bonds is 5. The zero-order valence-corrected chi connectivity index (χ0v) is 16.7. The Morgan fingerprint density at radius 2 is 1.82 bits per heavy atom. The predicted molar refractivity (Wildman–Crippen MR) is 104 cm³/mol. The van der Waals surface area contributed by atoms with E-state index in [4.69, 9.17) is 0 Å². The van der Waals surface area contributed by atoms with Gasteiger partial charge in [0.25, 0.3) is 15.8 Å². The van der Waals surface area contributed by atoms with Gasteiger partial charge in [0.15, 0.2) is 5.82 Å². The average molecular weight is 407 g/mol. The molecule has 2 aliphatic heterocycles. The number of hydrogen-bond acceptors (Lipinski definition) is 5. The molecule has 0 aromatic carbocycles. The van der Waals surface area contributed by atoms with Crippen LogP contribution < -0.4 is 5.56 Å². The second kappa shape index (κ2) is 8.14. The summed E-state index contributed by atoms with van der Waals surface area (Å²) in [5.41, 5.74) is -0.233. The highest BCUT2D eigenvalue weighted by atomic mass is 32.2. The van der Waals surface area contributed by atoms with Gasteiger partial charge in [-0.2, -0.15) is 22.1 Å². The molecule has 0 radical (unpaired) electrons. The Bertz CT molecular complexity index is 948. The number of imidazole rings is 1. The zero-order chi connectivity index (χ0) is 19.6. The molecule has 4 rings (SSSR count). The second-order valence-electron chi connectivity index (χ2n) is 7.41. The molecule has 0 aliphatic carbocycles. The molecular formula is C18H26N6O3S. The third-order valence-electron chi connectivity index (χ3n) is 5.52. The molecule has 1 unspecified atom stereocenters. The van der Waals surface area contributed by atoms with Crippen LogP contribution in [0.3, 0.4) is 0 Å². The molecule has 0 saturated carbocycles. The van der Waals surface area contributed by atoms with Crippen LogP contribution in [0.4, 0.5) is 0 Å². The topological polar surface area (TPSA) is 93.3 Å². The van der Waals surface area contributed by atoms with Crippen molar-refractivity contribution >= 4 is 10.2 Å². The summed E-state index contributed by atoms with van der Waals surface area (Å²) in [5.74, 6) is 0.581. The van der Waals surface area contributed by atoms with E-state index in [1.807, 2.05) is 0 Å². The van der Waals surface area contributed by atoms with E-state index >= 15 is 0 Å². The van der Waals surface area contributed by atoms with Gasteiger partial charge >= 0.3 is 0 Å². The monoisotopic (exact) mass is 406 g/mol. The van der Waals surface area contributed by atoms with Crippen LogP contribution >= 0.6 is 0 Å². The Kier molecular flexibility index (Phi) is 5.61. The first kappa shape index (κ1) is 19.3. The van der Waals surface area contributed by atoms with Gasteiger partial charge in [0, 0.05) is 44.1 Å². The third kappa shape index (κ3) is 3.89. The fourth-order valence-electron chi connectivity index (χ4n) is 4.02. The van der Waals surface area contributed by atoms with Crippen molar-refractivity contribution in [1.82, 2.24) is 27.9 Å². The third-order valence-corrected chi connectivity index (χ3v) is 7.61. The van der Waals surface area contributed by atoms with Crippen LogP contribution in [0.25, 0.3) is 5.82 Å². The van der Waals surface area contributed by atoms with Gasteiger partial charge in [-0.25, -0.2) is 9.67 Å². The molecule has 1 atom stereocenters. The molecular weight excluding hydrogens is 380 g/mol. The average Bonchev–Trinajstić information content (AvgIpc) is 3.30. The van der Waals surface area contributed by atoms with Crippen molar-refractivity contribution in [3.63, 3.8) is 0 Å². The number of nitrogens with zero attached hydrogens (tertiary/aromatic N) is 6. The van der Waals surface area contributed by atoms with Gasteiger partial charge in [-0.1, -0.05) is 12.8 Å². The summed E-state index contributed by atoms with van der Waals surface area (Å²) in [6.45, 7) is 1.92. The van der Waals surface area contributed by atoms with E-state index < -0.39 is 10.2 Å². The molecule has 4 heterocycles. The van der Waals surface area contributed by atoms with Crippen molar-refractivity contribution < 1.29 is 8.42 Å². The minimum absolute atomic E-state index is 0.233. The first-order chi connectivity index (χ1) is 13.6. The van der Waals surface area contributed by atoms with E-state index in [1.54, 1.807) is 38.0 Å². The van der Waals surface area contributed by atoms with Crippen LogP contribution in [0.1, 0.15) is 38.5 Å². The second-order valence-corrected chi connectivity index (χ2v) is 9.29. The quantitative estimate of drug-likeness (QED) is 0.739. The summed E-state index contributed by atoms with van der Waals surface area (Å²) in [6, 6.07) is 2.85. The lowest BCUT2D eigenvalue weighted by Gasteiger charge is -2.30. The zero-order valence-electron chi connectivity index (χ0n) is 15.9. The fraction of sp³-hybridized carbons (Fsp3) is 0.611. The maximum atomic E-state index is 13.2. The fourth-order valence-corrected chi connectivity index (χ4v) is 5.94. The normalized spacial score (nSPS) is 22.4. The summed E-state index contributed by atoms with van der Waals surface area (Å²) in [7, 11) is -3.51. The lowest BCUT2D eigenvalue weighted by Crippen LogP contribution is -2.48. The number of hydrogen-bond donors (Lipinski definition) is 0. The minimum Gasteiger partial charge on any atom is -0.289 e.